The Morgan fingerprint density at radius 3 is 2.41 bits per heavy atom. The third kappa shape index (κ3) is 3.08. The van der Waals surface area contributed by atoms with Crippen molar-refractivity contribution in [3.05, 3.63) is 59.1 Å². The van der Waals surface area contributed by atoms with Gasteiger partial charge in [-0.1, -0.05) is 29.8 Å². The van der Waals surface area contributed by atoms with Crippen molar-refractivity contribution in [2.24, 2.45) is 0 Å². The molecule has 3 heteroatoms. The Morgan fingerprint density at radius 2 is 1.76 bits per heavy atom. The quantitative estimate of drug-likeness (QED) is 0.818. The molecule has 0 fully saturated rings. The summed E-state index contributed by atoms with van der Waals surface area (Å²) in [7, 11) is 0. The van der Waals surface area contributed by atoms with Gasteiger partial charge in [-0.25, -0.2) is 0 Å². The molecule has 0 saturated carbocycles. The Morgan fingerprint density at radius 1 is 1.06 bits per heavy atom. The maximum Gasteiger partial charge on any atom is 0.159 e. The summed E-state index contributed by atoms with van der Waals surface area (Å²) < 4.78 is 0. The van der Waals surface area contributed by atoms with Crippen molar-refractivity contribution < 1.29 is 4.79 Å². The molecule has 0 amide bonds. The van der Waals surface area contributed by atoms with Crippen molar-refractivity contribution in [2.45, 2.75) is 6.92 Å². The Balaban J connectivity index is 2.30. The molecule has 0 aliphatic heterocycles. The number of nitrogens with one attached hydrogen (secondary N) is 1. The van der Waals surface area contributed by atoms with Gasteiger partial charge in [-0.15, -0.1) is 0 Å². The van der Waals surface area contributed by atoms with Crippen LogP contribution in [0.5, 0.6) is 0 Å². The van der Waals surface area contributed by atoms with E-state index in [0.717, 1.165) is 11.4 Å². The summed E-state index contributed by atoms with van der Waals surface area (Å²) in [4.78, 5) is 11.3. The number of anilines is 2. The molecule has 0 spiro atoms. The van der Waals surface area contributed by atoms with E-state index >= 15 is 0 Å². The van der Waals surface area contributed by atoms with E-state index in [2.05, 4.69) is 5.32 Å². The summed E-state index contributed by atoms with van der Waals surface area (Å²) in [6.45, 7) is 1.53. The first kappa shape index (κ1) is 11.7. The van der Waals surface area contributed by atoms with Crippen LogP contribution in [0.2, 0.25) is 5.02 Å². The topological polar surface area (TPSA) is 29.1 Å². The zero-order valence-corrected chi connectivity index (χ0v) is 10.2. The smallest absolute Gasteiger partial charge is 0.159 e. The number of carbonyl (C=O) groups excluding carboxylic acids is 1. The van der Waals surface area contributed by atoms with E-state index in [-0.39, 0.29) is 5.78 Å². The Hall–Kier alpha value is -1.80. The van der Waals surface area contributed by atoms with E-state index in [1.54, 1.807) is 18.2 Å². The van der Waals surface area contributed by atoms with Gasteiger partial charge in [-0.3, -0.25) is 4.79 Å². The van der Waals surface area contributed by atoms with Crippen molar-refractivity contribution in [1.29, 1.82) is 0 Å². The summed E-state index contributed by atoms with van der Waals surface area (Å²) in [5.41, 5.74) is 2.38. The lowest BCUT2D eigenvalue weighted by Crippen LogP contribution is -1.95. The Labute approximate surface area is 105 Å². The molecule has 0 heterocycles. The molecule has 1 N–H and O–H groups in total. The molecule has 0 aliphatic rings. The third-order valence-electron chi connectivity index (χ3n) is 2.37. The lowest BCUT2D eigenvalue weighted by Gasteiger charge is -2.08. The highest BCUT2D eigenvalue weighted by Crippen LogP contribution is 2.22. The molecule has 2 aromatic rings. The Kier molecular flexibility index (Phi) is 3.45. The van der Waals surface area contributed by atoms with E-state index in [0.29, 0.717) is 10.6 Å². The van der Waals surface area contributed by atoms with E-state index < -0.39 is 0 Å². The van der Waals surface area contributed by atoms with Crippen molar-refractivity contribution in [2.75, 3.05) is 5.32 Å². The van der Waals surface area contributed by atoms with Crippen LogP contribution in [0.1, 0.15) is 17.3 Å². The average Bonchev–Trinajstić information content (AvgIpc) is 2.29. The minimum atomic E-state index is 0.00334. The van der Waals surface area contributed by atoms with Crippen LogP contribution in [0, 0.1) is 0 Å². The maximum absolute atomic E-state index is 11.3. The van der Waals surface area contributed by atoms with Crippen molar-refractivity contribution in [1.82, 2.24) is 0 Å². The van der Waals surface area contributed by atoms with Crippen LogP contribution in [0.3, 0.4) is 0 Å². The van der Waals surface area contributed by atoms with Crippen LogP contribution >= 0.6 is 11.6 Å². The van der Waals surface area contributed by atoms with Crippen LogP contribution in [-0.4, -0.2) is 5.78 Å². The molecule has 0 radical (unpaired) electrons. The number of rotatable bonds is 3. The van der Waals surface area contributed by atoms with Crippen LogP contribution in [-0.2, 0) is 0 Å². The summed E-state index contributed by atoms with van der Waals surface area (Å²) in [5, 5.41) is 3.76. The van der Waals surface area contributed by atoms with Gasteiger partial charge in [0.15, 0.2) is 5.78 Å². The lowest BCUT2D eigenvalue weighted by molar-refractivity contribution is 0.101. The third-order valence-corrected chi connectivity index (χ3v) is 2.58. The number of hydrogen-bond donors (Lipinski definition) is 1. The molecular weight excluding hydrogens is 234 g/mol. The van der Waals surface area contributed by atoms with E-state index in [9.17, 15) is 4.79 Å². The lowest BCUT2D eigenvalue weighted by atomic mass is 10.1. The first-order valence-electron chi connectivity index (χ1n) is 5.29. The van der Waals surface area contributed by atoms with E-state index in [1.807, 2.05) is 30.3 Å². The second kappa shape index (κ2) is 5.02. The zero-order chi connectivity index (χ0) is 12.3. The first-order valence-corrected chi connectivity index (χ1v) is 5.66. The highest BCUT2D eigenvalue weighted by Gasteiger charge is 2.03. The van der Waals surface area contributed by atoms with Crippen LogP contribution in [0.15, 0.2) is 48.5 Å². The summed E-state index contributed by atoms with van der Waals surface area (Å²) in [6.07, 6.45) is 0. The number of hydrogen-bond acceptors (Lipinski definition) is 2. The van der Waals surface area contributed by atoms with Gasteiger partial charge in [-0.05, 0) is 37.3 Å². The van der Waals surface area contributed by atoms with Gasteiger partial charge in [0.05, 0.1) is 0 Å². The highest BCUT2D eigenvalue weighted by molar-refractivity contribution is 6.31. The molecule has 0 atom stereocenters. The van der Waals surface area contributed by atoms with E-state index in [1.165, 1.54) is 6.92 Å². The summed E-state index contributed by atoms with van der Waals surface area (Å²) in [6, 6.07) is 15.0. The van der Waals surface area contributed by atoms with Crippen LogP contribution < -0.4 is 5.32 Å². The van der Waals surface area contributed by atoms with Crippen molar-refractivity contribution >= 4 is 28.8 Å². The zero-order valence-electron chi connectivity index (χ0n) is 9.41. The molecule has 86 valence electrons. The largest absolute Gasteiger partial charge is 0.355 e. The van der Waals surface area contributed by atoms with Gasteiger partial charge < -0.3 is 5.32 Å². The van der Waals surface area contributed by atoms with Gasteiger partial charge in [0.25, 0.3) is 0 Å². The van der Waals surface area contributed by atoms with Gasteiger partial charge >= 0.3 is 0 Å². The summed E-state index contributed by atoms with van der Waals surface area (Å²) >= 11 is 5.97. The fraction of sp³-hybridized carbons (Fsp3) is 0.0714. The molecular formula is C14H12ClNO. The molecule has 2 rings (SSSR count). The summed E-state index contributed by atoms with van der Waals surface area (Å²) in [5.74, 6) is 0.00334. The van der Waals surface area contributed by atoms with Gasteiger partial charge in [-0.2, -0.15) is 0 Å². The van der Waals surface area contributed by atoms with Gasteiger partial charge in [0.1, 0.15) is 0 Å². The Bertz CT molecular complexity index is 537. The molecule has 17 heavy (non-hydrogen) atoms. The standard InChI is InChI=1S/C14H12ClNO/c1-10(17)11-7-12(15)9-14(8-11)16-13-5-3-2-4-6-13/h2-9,16H,1H3. The molecule has 2 nitrogen and oxygen atoms in total. The molecule has 0 bridgehead atoms. The molecule has 2 aromatic carbocycles. The average molecular weight is 246 g/mol. The SMILES string of the molecule is CC(=O)c1cc(Cl)cc(Nc2ccccc2)c1. The first-order chi connectivity index (χ1) is 8.15. The van der Waals surface area contributed by atoms with E-state index in [4.69, 9.17) is 11.6 Å². The number of Topliss-reactive ketones (excluding diaryl/α,β-unsaturated/α-hetero) is 1. The van der Waals surface area contributed by atoms with Gasteiger partial charge in [0, 0.05) is 22.0 Å². The predicted octanol–water partition coefficient (Wildman–Crippen LogP) is 4.29. The van der Waals surface area contributed by atoms with Gasteiger partial charge in [0.2, 0.25) is 0 Å². The highest BCUT2D eigenvalue weighted by atomic mass is 35.5. The minimum absolute atomic E-state index is 0.00334. The fourth-order valence-corrected chi connectivity index (χ4v) is 1.79. The number of carbonyl (C=O) groups is 1. The normalized spacial score (nSPS) is 10.0. The van der Waals surface area contributed by atoms with Crippen molar-refractivity contribution in [3.63, 3.8) is 0 Å². The second-order valence-corrected chi connectivity index (χ2v) is 4.21. The number of ketones is 1. The molecule has 0 aromatic heterocycles. The molecule has 0 saturated heterocycles. The molecule has 0 unspecified atom stereocenters. The number of para-hydroxylation sites is 1. The fourth-order valence-electron chi connectivity index (χ4n) is 1.55. The maximum atomic E-state index is 11.3. The minimum Gasteiger partial charge on any atom is -0.355 e. The van der Waals surface area contributed by atoms with Crippen LogP contribution in [0.4, 0.5) is 11.4 Å². The number of benzene rings is 2. The molecule has 0 aliphatic carbocycles. The van der Waals surface area contributed by atoms with Crippen LogP contribution in [0.25, 0.3) is 0 Å². The number of halogens is 1. The predicted molar refractivity (Wildman–Crippen MR) is 71.2 cm³/mol. The van der Waals surface area contributed by atoms with Crippen molar-refractivity contribution in [3.8, 4) is 0 Å². The second-order valence-electron chi connectivity index (χ2n) is 3.78. The monoisotopic (exact) mass is 245 g/mol.